The van der Waals surface area contributed by atoms with Crippen LogP contribution in [0, 0.1) is 12.7 Å². The Balaban J connectivity index is 1.53. The molecule has 3 heterocycles. The highest BCUT2D eigenvalue weighted by molar-refractivity contribution is 5.63. The number of hydrogen-bond donors (Lipinski definition) is 2. The van der Waals surface area contributed by atoms with Crippen molar-refractivity contribution >= 4 is 17.2 Å². The van der Waals surface area contributed by atoms with Crippen LogP contribution in [0.25, 0.3) is 5.65 Å². The molecule has 0 bridgehead atoms. The van der Waals surface area contributed by atoms with Crippen LogP contribution in [0.1, 0.15) is 49.1 Å². The van der Waals surface area contributed by atoms with Gasteiger partial charge in [-0.3, -0.25) is 0 Å². The van der Waals surface area contributed by atoms with Crippen molar-refractivity contribution in [2.24, 2.45) is 0 Å². The minimum Gasteiger partial charge on any atom is -0.473 e. The van der Waals surface area contributed by atoms with E-state index in [-0.39, 0.29) is 11.9 Å². The zero-order chi connectivity index (χ0) is 19.8. The summed E-state index contributed by atoms with van der Waals surface area (Å²) < 4.78 is 21.9. The molecule has 1 aliphatic carbocycles. The van der Waals surface area contributed by atoms with E-state index >= 15 is 0 Å². The zero-order valence-electron chi connectivity index (χ0n) is 16.6. The van der Waals surface area contributed by atoms with Gasteiger partial charge in [0.25, 0.3) is 0 Å². The average molecular weight is 395 g/mol. The van der Waals surface area contributed by atoms with Gasteiger partial charge in [0.1, 0.15) is 17.7 Å². The summed E-state index contributed by atoms with van der Waals surface area (Å²) in [6, 6.07) is 6.78. The van der Waals surface area contributed by atoms with E-state index in [1.165, 1.54) is 37.0 Å². The minimum atomic E-state index is -0.266. The van der Waals surface area contributed by atoms with Crippen LogP contribution in [0.2, 0.25) is 0 Å². The minimum absolute atomic E-state index is 0.109. The van der Waals surface area contributed by atoms with Gasteiger partial charge in [-0.15, -0.1) is 0 Å². The number of hydrogen-bond acceptors (Lipinski definition) is 5. The van der Waals surface area contributed by atoms with Gasteiger partial charge in [0.15, 0.2) is 5.65 Å². The van der Waals surface area contributed by atoms with E-state index in [1.807, 2.05) is 25.3 Å². The van der Waals surface area contributed by atoms with E-state index in [0.717, 1.165) is 43.0 Å². The van der Waals surface area contributed by atoms with Crippen molar-refractivity contribution in [3.8, 4) is 5.88 Å². The molecule has 7 heteroatoms. The smallest absolute Gasteiger partial charge is 0.219 e. The van der Waals surface area contributed by atoms with Crippen molar-refractivity contribution in [2.75, 3.05) is 18.4 Å². The van der Waals surface area contributed by atoms with Gasteiger partial charge >= 0.3 is 0 Å². The van der Waals surface area contributed by atoms with Gasteiger partial charge in [0, 0.05) is 23.9 Å². The molecule has 1 saturated carbocycles. The monoisotopic (exact) mass is 395 g/mol. The van der Waals surface area contributed by atoms with E-state index in [0.29, 0.717) is 17.5 Å². The first-order valence-electron chi connectivity index (χ1n) is 10.5. The maximum absolute atomic E-state index is 13.9. The Morgan fingerprint density at radius 3 is 2.79 bits per heavy atom. The van der Waals surface area contributed by atoms with Gasteiger partial charge in [0.05, 0.1) is 6.20 Å². The van der Waals surface area contributed by atoms with E-state index in [4.69, 9.17) is 9.72 Å². The number of fused-ring (bicyclic) bond motifs is 1. The first kappa shape index (κ1) is 18.4. The van der Waals surface area contributed by atoms with Gasteiger partial charge in [0.2, 0.25) is 5.88 Å². The van der Waals surface area contributed by atoms with Crippen LogP contribution in [0.3, 0.4) is 0 Å². The van der Waals surface area contributed by atoms with Crippen molar-refractivity contribution in [2.45, 2.75) is 51.0 Å². The summed E-state index contributed by atoms with van der Waals surface area (Å²) in [6.07, 6.45) is 7.73. The van der Waals surface area contributed by atoms with Crippen molar-refractivity contribution in [3.05, 3.63) is 47.4 Å². The number of halogens is 1. The Labute approximate surface area is 169 Å². The first-order valence-corrected chi connectivity index (χ1v) is 10.5. The number of piperidine rings is 1. The molecule has 2 aromatic heterocycles. The maximum atomic E-state index is 13.9. The fourth-order valence-corrected chi connectivity index (χ4v) is 4.16. The third-order valence-corrected chi connectivity index (χ3v) is 5.87. The second-order valence-electron chi connectivity index (χ2n) is 8.17. The SMILES string of the molecule is Cc1cc(F)cc(Nc2cc(O[C@H]3CCCNC3)nc3c(C4CCC4)cnn23)c1. The Hall–Kier alpha value is -2.67. The van der Waals surface area contributed by atoms with Crippen LogP contribution < -0.4 is 15.4 Å². The molecule has 1 atom stereocenters. The van der Waals surface area contributed by atoms with E-state index in [1.54, 1.807) is 4.52 Å². The second kappa shape index (κ2) is 7.63. The fraction of sp³-hybridized carbons (Fsp3) is 0.455. The quantitative estimate of drug-likeness (QED) is 0.674. The summed E-state index contributed by atoms with van der Waals surface area (Å²) in [6.45, 7) is 3.74. The molecule has 2 fully saturated rings. The summed E-state index contributed by atoms with van der Waals surface area (Å²) >= 11 is 0. The number of anilines is 2. The fourth-order valence-electron chi connectivity index (χ4n) is 4.16. The molecule has 6 nitrogen and oxygen atoms in total. The third kappa shape index (κ3) is 3.79. The number of benzene rings is 1. The molecule has 0 radical (unpaired) electrons. The Morgan fingerprint density at radius 2 is 2.07 bits per heavy atom. The molecule has 0 amide bonds. The largest absolute Gasteiger partial charge is 0.473 e. The molecule has 2 aliphatic rings. The lowest BCUT2D eigenvalue weighted by Gasteiger charge is -2.25. The lowest BCUT2D eigenvalue weighted by Crippen LogP contribution is -2.37. The second-order valence-corrected chi connectivity index (χ2v) is 8.17. The topological polar surface area (TPSA) is 63.5 Å². The molecule has 3 aromatic rings. The Bertz CT molecular complexity index is 1000. The highest BCUT2D eigenvalue weighted by atomic mass is 19.1. The molecular formula is C22H26FN5O. The predicted molar refractivity (Wildman–Crippen MR) is 111 cm³/mol. The van der Waals surface area contributed by atoms with Gasteiger partial charge in [-0.1, -0.05) is 6.42 Å². The maximum Gasteiger partial charge on any atom is 0.219 e. The Morgan fingerprint density at radius 1 is 1.17 bits per heavy atom. The number of nitrogens with zero attached hydrogens (tertiary/aromatic N) is 3. The summed E-state index contributed by atoms with van der Waals surface area (Å²) in [4.78, 5) is 4.81. The van der Waals surface area contributed by atoms with Crippen LogP contribution in [-0.4, -0.2) is 33.8 Å². The first-order chi connectivity index (χ1) is 14.2. The van der Waals surface area contributed by atoms with Gasteiger partial charge in [-0.05, 0) is 68.8 Å². The molecule has 152 valence electrons. The molecule has 0 spiro atoms. The zero-order valence-corrected chi connectivity index (χ0v) is 16.6. The lowest BCUT2D eigenvalue weighted by molar-refractivity contribution is 0.161. The van der Waals surface area contributed by atoms with Crippen LogP contribution in [0.4, 0.5) is 15.9 Å². The van der Waals surface area contributed by atoms with Crippen molar-refractivity contribution < 1.29 is 9.13 Å². The van der Waals surface area contributed by atoms with Crippen molar-refractivity contribution in [1.82, 2.24) is 19.9 Å². The average Bonchev–Trinajstić information content (AvgIpc) is 3.04. The van der Waals surface area contributed by atoms with Crippen LogP contribution in [0.5, 0.6) is 5.88 Å². The number of aromatic nitrogens is 3. The molecule has 1 aromatic carbocycles. The number of ether oxygens (including phenoxy) is 1. The predicted octanol–water partition coefficient (Wildman–Crippen LogP) is 4.32. The standard InChI is InChI=1S/C22H26FN5O/c1-14-8-16(23)10-17(9-14)26-20-11-21(29-18-6-3-7-24-12-18)27-22-19(13-25-28(20)22)15-4-2-5-15/h8-11,13,15,18,24,26H,2-7,12H2,1H3/t18-/m0/s1. The van der Waals surface area contributed by atoms with E-state index < -0.39 is 0 Å². The molecule has 0 unspecified atom stereocenters. The third-order valence-electron chi connectivity index (χ3n) is 5.87. The van der Waals surface area contributed by atoms with Crippen LogP contribution in [0.15, 0.2) is 30.5 Å². The van der Waals surface area contributed by atoms with Gasteiger partial charge < -0.3 is 15.4 Å². The highest BCUT2D eigenvalue weighted by Crippen LogP contribution is 2.39. The van der Waals surface area contributed by atoms with Gasteiger partial charge in [-0.2, -0.15) is 14.6 Å². The normalized spacial score (nSPS) is 19.9. The highest BCUT2D eigenvalue weighted by Gasteiger charge is 2.25. The lowest BCUT2D eigenvalue weighted by atomic mass is 9.81. The number of nitrogens with one attached hydrogen (secondary N) is 2. The number of rotatable bonds is 5. The Kier molecular flexibility index (Phi) is 4.83. The molecule has 2 N–H and O–H groups in total. The summed E-state index contributed by atoms with van der Waals surface area (Å²) in [5, 5.41) is 11.3. The summed E-state index contributed by atoms with van der Waals surface area (Å²) in [5.74, 6) is 1.56. The molecular weight excluding hydrogens is 369 g/mol. The molecule has 1 aliphatic heterocycles. The molecule has 5 rings (SSSR count). The summed E-state index contributed by atoms with van der Waals surface area (Å²) in [5.41, 5.74) is 3.53. The van der Waals surface area contributed by atoms with Crippen molar-refractivity contribution in [1.29, 1.82) is 0 Å². The summed E-state index contributed by atoms with van der Waals surface area (Å²) in [7, 11) is 0. The van der Waals surface area contributed by atoms with Gasteiger partial charge in [-0.25, -0.2) is 4.39 Å². The number of aryl methyl sites for hydroxylation is 1. The van der Waals surface area contributed by atoms with E-state index in [9.17, 15) is 4.39 Å². The molecule has 1 saturated heterocycles. The van der Waals surface area contributed by atoms with Crippen LogP contribution >= 0.6 is 0 Å². The molecule has 29 heavy (non-hydrogen) atoms. The van der Waals surface area contributed by atoms with E-state index in [2.05, 4.69) is 15.7 Å². The van der Waals surface area contributed by atoms with Crippen LogP contribution in [-0.2, 0) is 0 Å². The van der Waals surface area contributed by atoms with Crippen molar-refractivity contribution in [3.63, 3.8) is 0 Å².